The summed E-state index contributed by atoms with van der Waals surface area (Å²) < 4.78 is 10.7. The van der Waals surface area contributed by atoms with Gasteiger partial charge in [0, 0.05) is 24.8 Å². The first-order valence-corrected chi connectivity index (χ1v) is 7.37. The molecule has 0 radical (unpaired) electrons. The van der Waals surface area contributed by atoms with Crippen LogP contribution in [0.15, 0.2) is 24.3 Å². The summed E-state index contributed by atoms with van der Waals surface area (Å²) in [7, 11) is 1.84. The maximum atomic E-state index is 11.9. The minimum atomic E-state index is -0.0684. The van der Waals surface area contributed by atoms with E-state index in [1.807, 2.05) is 45.2 Å². The zero-order valence-corrected chi connectivity index (χ0v) is 14.4. The monoisotopic (exact) mass is 330 g/mol. The molecule has 6 heteroatoms. The number of anilines is 1. The Balaban J connectivity index is 0.00000441. The predicted octanol–water partition coefficient (Wildman–Crippen LogP) is 2.46. The van der Waals surface area contributed by atoms with E-state index in [-0.39, 0.29) is 24.2 Å². The Morgan fingerprint density at radius 1 is 1.27 bits per heavy atom. The van der Waals surface area contributed by atoms with E-state index in [0.717, 1.165) is 11.3 Å². The summed E-state index contributed by atoms with van der Waals surface area (Å²) in [5, 5.41) is 5.92. The van der Waals surface area contributed by atoms with Gasteiger partial charge in [0.2, 0.25) is 5.91 Å². The molecule has 0 heterocycles. The van der Waals surface area contributed by atoms with Crippen molar-refractivity contribution in [2.24, 2.45) is 5.92 Å². The van der Waals surface area contributed by atoms with Crippen LogP contribution in [-0.4, -0.2) is 39.3 Å². The van der Waals surface area contributed by atoms with Gasteiger partial charge in [-0.2, -0.15) is 0 Å². The van der Waals surface area contributed by atoms with Gasteiger partial charge in [0.15, 0.2) is 0 Å². The van der Waals surface area contributed by atoms with Crippen molar-refractivity contribution in [1.29, 1.82) is 0 Å². The maximum Gasteiger partial charge on any atom is 0.228 e. The molecule has 1 atom stereocenters. The molecule has 1 rings (SSSR count). The van der Waals surface area contributed by atoms with E-state index in [2.05, 4.69) is 10.6 Å². The smallest absolute Gasteiger partial charge is 0.228 e. The minimum absolute atomic E-state index is 0. The number of hydrogen-bond donors (Lipinski definition) is 2. The van der Waals surface area contributed by atoms with Crippen molar-refractivity contribution in [2.45, 2.75) is 20.5 Å². The van der Waals surface area contributed by atoms with Crippen molar-refractivity contribution in [3.05, 3.63) is 29.8 Å². The molecule has 22 heavy (non-hydrogen) atoms. The van der Waals surface area contributed by atoms with Gasteiger partial charge in [-0.1, -0.05) is 19.1 Å². The van der Waals surface area contributed by atoms with Gasteiger partial charge in [0.25, 0.3) is 0 Å². The zero-order valence-electron chi connectivity index (χ0n) is 13.6. The van der Waals surface area contributed by atoms with Gasteiger partial charge in [-0.3, -0.25) is 4.79 Å². The second-order valence-electron chi connectivity index (χ2n) is 4.90. The molecule has 126 valence electrons. The summed E-state index contributed by atoms with van der Waals surface area (Å²) in [6.45, 7) is 6.91. The van der Waals surface area contributed by atoms with E-state index in [4.69, 9.17) is 9.47 Å². The van der Waals surface area contributed by atoms with E-state index >= 15 is 0 Å². The number of benzene rings is 1. The molecule has 0 aliphatic carbocycles. The highest BCUT2D eigenvalue weighted by atomic mass is 35.5. The van der Waals surface area contributed by atoms with Crippen LogP contribution in [0, 0.1) is 5.92 Å². The highest BCUT2D eigenvalue weighted by Crippen LogP contribution is 2.12. The van der Waals surface area contributed by atoms with E-state index in [9.17, 15) is 4.79 Å². The number of carbonyl (C=O) groups is 1. The Kier molecular flexibility index (Phi) is 11.8. The number of carbonyl (C=O) groups excluding carboxylic acids is 1. The van der Waals surface area contributed by atoms with E-state index in [0.29, 0.717) is 33.0 Å². The van der Waals surface area contributed by atoms with Crippen LogP contribution in [0.3, 0.4) is 0 Å². The van der Waals surface area contributed by atoms with Gasteiger partial charge in [-0.25, -0.2) is 0 Å². The number of hydrogen-bond acceptors (Lipinski definition) is 4. The van der Waals surface area contributed by atoms with E-state index in [1.54, 1.807) is 0 Å². The van der Waals surface area contributed by atoms with Crippen LogP contribution in [0.2, 0.25) is 0 Å². The molecule has 0 bridgehead atoms. The highest BCUT2D eigenvalue weighted by molar-refractivity contribution is 5.92. The molecular formula is C16H27ClN2O3. The molecule has 0 spiro atoms. The normalized spacial score (nSPS) is 11.6. The average Bonchev–Trinajstić information content (AvgIpc) is 2.47. The van der Waals surface area contributed by atoms with Crippen molar-refractivity contribution in [3.8, 4) is 0 Å². The van der Waals surface area contributed by atoms with Crippen LogP contribution in [0.25, 0.3) is 0 Å². The van der Waals surface area contributed by atoms with Gasteiger partial charge in [0.1, 0.15) is 0 Å². The Bertz CT molecular complexity index is 430. The topological polar surface area (TPSA) is 59.6 Å². The largest absolute Gasteiger partial charge is 0.379 e. The fraction of sp³-hybridized carbons (Fsp3) is 0.562. The van der Waals surface area contributed by atoms with Crippen molar-refractivity contribution in [2.75, 3.05) is 38.7 Å². The minimum Gasteiger partial charge on any atom is -0.379 e. The molecule has 0 fully saturated rings. The SMILES string of the molecule is CCOCCOCc1cccc(NC(=O)C(C)CNC)c1.Cl. The van der Waals surface area contributed by atoms with Gasteiger partial charge < -0.3 is 20.1 Å². The Morgan fingerprint density at radius 3 is 2.68 bits per heavy atom. The van der Waals surface area contributed by atoms with Crippen LogP contribution in [0.5, 0.6) is 0 Å². The third kappa shape index (κ3) is 8.34. The lowest BCUT2D eigenvalue weighted by molar-refractivity contribution is -0.119. The fourth-order valence-corrected chi connectivity index (χ4v) is 1.86. The third-order valence-electron chi connectivity index (χ3n) is 3.00. The molecule has 5 nitrogen and oxygen atoms in total. The average molecular weight is 331 g/mol. The Labute approximate surface area is 139 Å². The summed E-state index contributed by atoms with van der Waals surface area (Å²) in [6, 6.07) is 7.71. The molecule has 1 unspecified atom stereocenters. The van der Waals surface area contributed by atoms with Crippen LogP contribution >= 0.6 is 12.4 Å². The Morgan fingerprint density at radius 2 is 2.00 bits per heavy atom. The number of amides is 1. The van der Waals surface area contributed by atoms with Gasteiger partial charge >= 0.3 is 0 Å². The molecule has 1 amide bonds. The standard InChI is InChI=1S/C16H26N2O3.ClH/c1-4-20-8-9-21-12-14-6-5-7-15(10-14)18-16(19)13(2)11-17-3;/h5-7,10,13,17H,4,8-9,11-12H2,1-3H3,(H,18,19);1H. The summed E-state index contributed by atoms with van der Waals surface area (Å²) in [6.07, 6.45) is 0. The molecule has 1 aromatic carbocycles. The van der Waals surface area contributed by atoms with Gasteiger partial charge in [-0.05, 0) is 31.7 Å². The number of halogens is 1. The summed E-state index contributed by atoms with van der Waals surface area (Å²) in [5.74, 6) is -0.0557. The molecule has 0 aliphatic heterocycles. The summed E-state index contributed by atoms with van der Waals surface area (Å²) in [4.78, 5) is 11.9. The van der Waals surface area contributed by atoms with Crippen LogP contribution in [0.4, 0.5) is 5.69 Å². The number of ether oxygens (including phenoxy) is 2. The molecule has 0 saturated carbocycles. The second kappa shape index (κ2) is 12.4. The lowest BCUT2D eigenvalue weighted by atomic mass is 10.1. The number of nitrogens with one attached hydrogen (secondary N) is 2. The highest BCUT2D eigenvalue weighted by Gasteiger charge is 2.11. The van der Waals surface area contributed by atoms with E-state index < -0.39 is 0 Å². The van der Waals surface area contributed by atoms with Gasteiger partial charge in [-0.15, -0.1) is 12.4 Å². The van der Waals surface area contributed by atoms with Crippen molar-refractivity contribution < 1.29 is 14.3 Å². The van der Waals surface area contributed by atoms with Crippen molar-refractivity contribution in [3.63, 3.8) is 0 Å². The summed E-state index contributed by atoms with van der Waals surface area (Å²) in [5.41, 5.74) is 1.83. The lowest BCUT2D eigenvalue weighted by Crippen LogP contribution is -2.28. The third-order valence-corrected chi connectivity index (χ3v) is 3.00. The van der Waals surface area contributed by atoms with Gasteiger partial charge in [0.05, 0.1) is 19.8 Å². The molecular weight excluding hydrogens is 304 g/mol. The second-order valence-corrected chi connectivity index (χ2v) is 4.90. The zero-order chi connectivity index (χ0) is 15.5. The predicted molar refractivity (Wildman–Crippen MR) is 91.6 cm³/mol. The number of rotatable bonds is 10. The maximum absolute atomic E-state index is 11.9. The first kappa shape index (κ1) is 20.9. The van der Waals surface area contributed by atoms with Crippen LogP contribution in [-0.2, 0) is 20.9 Å². The van der Waals surface area contributed by atoms with E-state index in [1.165, 1.54) is 0 Å². The molecule has 2 N–H and O–H groups in total. The lowest BCUT2D eigenvalue weighted by Gasteiger charge is -2.12. The molecule has 0 aliphatic rings. The first-order chi connectivity index (χ1) is 10.2. The molecule has 0 saturated heterocycles. The first-order valence-electron chi connectivity index (χ1n) is 7.37. The quantitative estimate of drug-likeness (QED) is 0.647. The fourth-order valence-electron chi connectivity index (χ4n) is 1.86. The Hall–Kier alpha value is -1.14. The summed E-state index contributed by atoms with van der Waals surface area (Å²) >= 11 is 0. The van der Waals surface area contributed by atoms with Crippen molar-refractivity contribution in [1.82, 2.24) is 5.32 Å². The van der Waals surface area contributed by atoms with Crippen LogP contribution < -0.4 is 10.6 Å². The molecule has 0 aromatic heterocycles. The molecule has 1 aromatic rings. The van der Waals surface area contributed by atoms with Crippen molar-refractivity contribution >= 4 is 24.0 Å². The van der Waals surface area contributed by atoms with Crippen LogP contribution in [0.1, 0.15) is 19.4 Å².